The zero-order chi connectivity index (χ0) is 19.0. The lowest BCUT2D eigenvalue weighted by molar-refractivity contribution is -0.131. The average Bonchev–Trinajstić information content (AvgIpc) is 3.04. The van der Waals surface area contributed by atoms with Gasteiger partial charge in [-0.1, -0.05) is 6.07 Å². The van der Waals surface area contributed by atoms with Gasteiger partial charge in [-0.25, -0.2) is 4.39 Å². The predicted octanol–water partition coefficient (Wildman–Crippen LogP) is 3.45. The quantitative estimate of drug-likeness (QED) is 0.767. The molecule has 0 saturated heterocycles. The van der Waals surface area contributed by atoms with Crippen molar-refractivity contribution in [1.82, 2.24) is 9.88 Å². The Labute approximate surface area is 156 Å². The van der Waals surface area contributed by atoms with Crippen molar-refractivity contribution >= 4 is 16.8 Å². The predicted molar refractivity (Wildman–Crippen MR) is 101 cm³/mol. The molecule has 3 aromatic rings. The number of methoxy groups -OCH3 is 2. The Hall–Kier alpha value is -3.02. The number of aromatic amines is 1. The van der Waals surface area contributed by atoms with Gasteiger partial charge in [0, 0.05) is 23.1 Å². The SMILES string of the molecule is COc1ccc(CC(=O)N2CCc3c([nH]c4ccc(F)cc34)C2)cc1OC. The van der Waals surface area contributed by atoms with E-state index in [9.17, 15) is 9.18 Å². The highest BCUT2D eigenvalue weighted by Crippen LogP contribution is 2.30. The van der Waals surface area contributed by atoms with Crippen LogP contribution in [-0.4, -0.2) is 36.6 Å². The molecule has 0 spiro atoms. The van der Waals surface area contributed by atoms with Gasteiger partial charge in [0.05, 0.1) is 27.2 Å². The zero-order valence-corrected chi connectivity index (χ0v) is 15.3. The Morgan fingerprint density at radius 3 is 2.74 bits per heavy atom. The molecule has 0 bridgehead atoms. The van der Waals surface area contributed by atoms with E-state index >= 15 is 0 Å². The fourth-order valence-corrected chi connectivity index (χ4v) is 3.70. The van der Waals surface area contributed by atoms with E-state index in [-0.39, 0.29) is 11.7 Å². The molecule has 0 saturated carbocycles. The van der Waals surface area contributed by atoms with Gasteiger partial charge in [-0.3, -0.25) is 4.79 Å². The summed E-state index contributed by atoms with van der Waals surface area (Å²) in [5.74, 6) is 1.07. The molecule has 1 N–H and O–H groups in total. The standard InChI is InChI=1S/C21H21FN2O3/c1-26-19-6-3-13(9-20(19)27-2)10-21(25)24-8-7-15-16-11-14(22)4-5-17(16)23-18(15)12-24/h3-6,9,11,23H,7-8,10,12H2,1-2H3. The number of fused-ring (bicyclic) bond motifs is 3. The molecule has 2 aromatic carbocycles. The summed E-state index contributed by atoms with van der Waals surface area (Å²) in [6, 6.07) is 10.3. The number of nitrogens with one attached hydrogen (secondary N) is 1. The summed E-state index contributed by atoms with van der Waals surface area (Å²) in [6.07, 6.45) is 1.01. The molecule has 0 unspecified atom stereocenters. The van der Waals surface area contributed by atoms with Gasteiger partial charge in [-0.15, -0.1) is 0 Å². The zero-order valence-electron chi connectivity index (χ0n) is 15.3. The van der Waals surface area contributed by atoms with Gasteiger partial charge in [0.2, 0.25) is 5.91 Å². The Morgan fingerprint density at radius 2 is 1.96 bits per heavy atom. The van der Waals surface area contributed by atoms with Gasteiger partial charge in [-0.05, 0) is 47.9 Å². The Balaban J connectivity index is 1.52. The van der Waals surface area contributed by atoms with Crippen LogP contribution in [0.5, 0.6) is 11.5 Å². The van der Waals surface area contributed by atoms with Crippen LogP contribution < -0.4 is 9.47 Å². The topological polar surface area (TPSA) is 54.6 Å². The maximum atomic E-state index is 13.5. The van der Waals surface area contributed by atoms with Gasteiger partial charge in [-0.2, -0.15) is 0 Å². The van der Waals surface area contributed by atoms with Crippen LogP contribution in [0, 0.1) is 5.82 Å². The second-order valence-electron chi connectivity index (χ2n) is 6.70. The lowest BCUT2D eigenvalue weighted by Crippen LogP contribution is -2.36. The van der Waals surface area contributed by atoms with E-state index in [4.69, 9.17) is 9.47 Å². The van der Waals surface area contributed by atoms with Crippen molar-refractivity contribution in [2.24, 2.45) is 0 Å². The van der Waals surface area contributed by atoms with E-state index in [1.165, 1.54) is 6.07 Å². The molecule has 6 heteroatoms. The molecule has 5 nitrogen and oxygen atoms in total. The number of hydrogen-bond donors (Lipinski definition) is 1. The van der Waals surface area contributed by atoms with Crippen molar-refractivity contribution in [3.63, 3.8) is 0 Å². The Bertz CT molecular complexity index is 1010. The molecule has 0 atom stereocenters. The van der Waals surface area contributed by atoms with E-state index in [1.54, 1.807) is 26.4 Å². The number of halogens is 1. The molecule has 1 amide bonds. The third-order valence-electron chi connectivity index (χ3n) is 5.09. The van der Waals surface area contributed by atoms with Crippen LogP contribution in [0.15, 0.2) is 36.4 Å². The van der Waals surface area contributed by atoms with Crippen LogP contribution >= 0.6 is 0 Å². The summed E-state index contributed by atoms with van der Waals surface area (Å²) >= 11 is 0. The van der Waals surface area contributed by atoms with Gasteiger partial charge >= 0.3 is 0 Å². The minimum Gasteiger partial charge on any atom is -0.493 e. The number of nitrogens with zero attached hydrogens (tertiary/aromatic N) is 1. The fraction of sp³-hybridized carbons (Fsp3) is 0.286. The summed E-state index contributed by atoms with van der Waals surface area (Å²) < 4.78 is 24.1. The first-order valence-corrected chi connectivity index (χ1v) is 8.86. The van der Waals surface area contributed by atoms with Gasteiger partial charge in [0.25, 0.3) is 0 Å². The maximum absolute atomic E-state index is 13.5. The molecule has 0 radical (unpaired) electrons. The van der Waals surface area contributed by atoms with Crippen LogP contribution in [0.25, 0.3) is 10.9 Å². The van der Waals surface area contributed by atoms with Crippen LogP contribution in [0.1, 0.15) is 16.8 Å². The maximum Gasteiger partial charge on any atom is 0.227 e. The highest BCUT2D eigenvalue weighted by Gasteiger charge is 2.24. The van der Waals surface area contributed by atoms with E-state index in [1.807, 2.05) is 23.1 Å². The summed E-state index contributed by atoms with van der Waals surface area (Å²) in [7, 11) is 3.16. The molecule has 1 aliphatic heterocycles. The lowest BCUT2D eigenvalue weighted by Gasteiger charge is -2.27. The fourth-order valence-electron chi connectivity index (χ4n) is 3.70. The highest BCUT2D eigenvalue weighted by atomic mass is 19.1. The van der Waals surface area contributed by atoms with Crippen molar-refractivity contribution in [2.75, 3.05) is 20.8 Å². The Kier molecular flexibility index (Phi) is 4.48. The smallest absolute Gasteiger partial charge is 0.227 e. The Morgan fingerprint density at radius 1 is 1.15 bits per heavy atom. The third kappa shape index (κ3) is 3.23. The number of aromatic nitrogens is 1. The van der Waals surface area contributed by atoms with Gasteiger partial charge in [0.1, 0.15) is 5.82 Å². The van der Waals surface area contributed by atoms with Gasteiger partial charge < -0.3 is 19.4 Å². The number of ether oxygens (including phenoxy) is 2. The molecule has 1 aromatic heterocycles. The van der Waals surface area contributed by atoms with E-state index in [0.29, 0.717) is 31.0 Å². The normalized spacial score (nSPS) is 13.5. The first-order chi connectivity index (χ1) is 13.1. The molecular weight excluding hydrogens is 347 g/mol. The number of rotatable bonds is 4. The number of amides is 1. The van der Waals surface area contributed by atoms with Gasteiger partial charge in [0.15, 0.2) is 11.5 Å². The van der Waals surface area contributed by atoms with Crippen molar-refractivity contribution in [3.05, 3.63) is 59.0 Å². The van der Waals surface area contributed by atoms with E-state index in [0.717, 1.165) is 34.1 Å². The summed E-state index contributed by atoms with van der Waals surface area (Å²) in [5.41, 5.74) is 3.89. The van der Waals surface area contributed by atoms with Crippen LogP contribution in [0.2, 0.25) is 0 Å². The first-order valence-electron chi connectivity index (χ1n) is 8.86. The van der Waals surface area contributed by atoms with E-state index in [2.05, 4.69) is 4.98 Å². The molecule has 1 aliphatic rings. The molecule has 0 fully saturated rings. The monoisotopic (exact) mass is 368 g/mol. The average molecular weight is 368 g/mol. The molecule has 27 heavy (non-hydrogen) atoms. The minimum absolute atomic E-state index is 0.0534. The first kappa shape index (κ1) is 17.4. The lowest BCUT2D eigenvalue weighted by atomic mass is 10.0. The summed E-state index contributed by atoms with van der Waals surface area (Å²) in [5, 5.41) is 0.914. The molecule has 4 rings (SSSR count). The number of hydrogen-bond acceptors (Lipinski definition) is 3. The number of carbonyl (C=O) groups is 1. The third-order valence-corrected chi connectivity index (χ3v) is 5.09. The highest BCUT2D eigenvalue weighted by molar-refractivity contribution is 5.86. The van der Waals surface area contributed by atoms with Crippen LogP contribution in [-0.2, 0) is 24.2 Å². The second-order valence-corrected chi connectivity index (χ2v) is 6.70. The van der Waals surface area contributed by atoms with Crippen molar-refractivity contribution in [3.8, 4) is 11.5 Å². The summed E-state index contributed by atoms with van der Waals surface area (Å²) in [6.45, 7) is 1.14. The van der Waals surface area contributed by atoms with Crippen LogP contribution in [0.3, 0.4) is 0 Å². The second kappa shape index (κ2) is 6.95. The molecular formula is C21H21FN2O3. The largest absolute Gasteiger partial charge is 0.493 e. The van der Waals surface area contributed by atoms with E-state index < -0.39 is 0 Å². The molecule has 0 aliphatic carbocycles. The van der Waals surface area contributed by atoms with Crippen molar-refractivity contribution in [1.29, 1.82) is 0 Å². The molecule has 2 heterocycles. The number of carbonyl (C=O) groups excluding carboxylic acids is 1. The van der Waals surface area contributed by atoms with Crippen molar-refractivity contribution < 1.29 is 18.7 Å². The van der Waals surface area contributed by atoms with Crippen LogP contribution in [0.4, 0.5) is 4.39 Å². The number of benzene rings is 2. The summed E-state index contributed by atoms with van der Waals surface area (Å²) in [4.78, 5) is 17.9. The molecule has 140 valence electrons. The number of H-pyrrole nitrogens is 1. The minimum atomic E-state index is -0.240. The van der Waals surface area contributed by atoms with Crippen molar-refractivity contribution in [2.45, 2.75) is 19.4 Å².